The van der Waals surface area contributed by atoms with Gasteiger partial charge in [0.1, 0.15) is 5.69 Å². The Hall–Kier alpha value is -2.86. The average Bonchev–Trinajstić information content (AvgIpc) is 3.20. The van der Waals surface area contributed by atoms with Crippen molar-refractivity contribution in [1.29, 1.82) is 0 Å². The number of hydrogen-bond donors (Lipinski definition) is 1. The molecule has 4 rings (SSSR count). The van der Waals surface area contributed by atoms with Crippen molar-refractivity contribution < 1.29 is 45.6 Å². The Morgan fingerprint density at radius 2 is 1.41 bits per heavy atom. The second kappa shape index (κ2) is 11.7. The zero-order chi connectivity index (χ0) is 21.5. The van der Waals surface area contributed by atoms with E-state index in [1.807, 2.05) is 83.4 Å². The smallest absolute Gasteiger partial charge is 1.00 e. The van der Waals surface area contributed by atoms with Gasteiger partial charge in [-0.1, -0.05) is 78.9 Å². The van der Waals surface area contributed by atoms with Gasteiger partial charge in [0.15, 0.2) is 0 Å². The number of ether oxygens (including phenoxy) is 1. The molecule has 1 heterocycles. The van der Waals surface area contributed by atoms with E-state index in [-0.39, 0.29) is 37.4 Å². The normalized spacial score (nSPS) is 10.4. The molecule has 1 N–H and O–H groups in total. The minimum atomic E-state index is -0.788. The van der Waals surface area contributed by atoms with Gasteiger partial charge in [0.25, 0.3) is 0 Å². The van der Waals surface area contributed by atoms with Crippen LogP contribution >= 0.6 is 0 Å². The number of carboxylic acid groups (broad SMARTS) is 1. The summed E-state index contributed by atoms with van der Waals surface area (Å²) in [6, 6.07) is 30.7. The molecular formula is C26H25N2NaO3. The average molecular weight is 436 g/mol. The topological polar surface area (TPSA) is 64.3 Å². The number of aliphatic carboxylic acids is 1. The molecule has 0 radical (unpaired) electrons. The minimum Gasteiger partial charge on any atom is -1.00 e. The van der Waals surface area contributed by atoms with Crippen molar-refractivity contribution in [3.05, 3.63) is 91.0 Å². The first kappa shape index (κ1) is 23.8. The molecule has 0 saturated heterocycles. The molecule has 0 fully saturated rings. The molecule has 0 aliphatic heterocycles. The molecule has 0 unspecified atom stereocenters. The number of unbranched alkanes of at least 4 members (excludes halogenated alkanes) is 1. The zero-order valence-electron chi connectivity index (χ0n) is 19.1. The van der Waals surface area contributed by atoms with Crippen molar-refractivity contribution >= 4 is 5.97 Å². The van der Waals surface area contributed by atoms with E-state index in [0.717, 1.165) is 28.2 Å². The molecule has 0 atom stereocenters. The van der Waals surface area contributed by atoms with E-state index in [4.69, 9.17) is 14.8 Å². The largest absolute Gasteiger partial charge is 1.00 e. The third-order valence-corrected chi connectivity index (χ3v) is 4.97. The van der Waals surface area contributed by atoms with E-state index in [1.165, 1.54) is 0 Å². The van der Waals surface area contributed by atoms with Crippen LogP contribution in [0.1, 0.15) is 20.7 Å². The van der Waals surface area contributed by atoms with Gasteiger partial charge in [-0.2, -0.15) is 4.98 Å². The second-order valence-electron chi connectivity index (χ2n) is 7.19. The molecule has 0 aliphatic carbocycles. The van der Waals surface area contributed by atoms with Crippen molar-refractivity contribution in [2.75, 3.05) is 6.61 Å². The minimum absolute atomic E-state index is 0. The van der Waals surface area contributed by atoms with Crippen LogP contribution < -0.4 is 34.3 Å². The molecule has 5 nitrogen and oxygen atoms in total. The summed E-state index contributed by atoms with van der Waals surface area (Å²) >= 11 is 0. The molecule has 0 amide bonds. The maximum Gasteiger partial charge on any atom is 1.00 e. The maximum atomic E-state index is 10.8. The SMILES string of the molecule is O=C(O)CCCCOc1nc(-c2ccccc2)c(-c2ccccc2)n1-c1ccccc1.[H-].[Na+]. The summed E-state index contributed by atoms with van der Waals surface area (Å²) in [5.74, 6) is -0.788. The molecule has 3 aromatic carbocycles. The van der Waals surface area contributed by atoms with Gasteiger partial charge in [0.2, 0.25) is 0 Å². The van der Waals surface area contributed by atoms with Crippen LogP contribution in [0.2, 0.25) is 0 Å². The van der Waals surface area contributed by atoms with Crippen LogP contribution in [-0.4, -0.2) is 27.2 Å². The van der Waals surface area contributed by atoms with Crippen molar-refractivity contribution in [3.8, 4) is 34.2 Å². The molecule has 0 bridgehead atoms. The molecule has 4 aromatic rings. The second-order valence-corrected chi connectivity index (χ2v) is 7.19. The van der Waals surface area contributed by atoms with Crippen LogP contribution in [-0.2, 0) is 4.79 Å². The predicted octanol–water partition coefficient (Wildman–Crippen LogP) is 2.96. The van der Waals surface area contributed by atoms with Crippen LogP contribution in [0.4, 0.5) is 0 Å². The van der Waals surface area contributed by atoms with Crippen LogP contribution in [0.15, 0.2) is 91.0 Å². The Bertz CT molecular complexity index is 1140. The number of benzene rings is 3. The summed E-state index contributed by atoms with van der Waals surface area (Å²) in [5.41, 5.74) is 4.80. The molecule has 0 aliphatic rings. The third kappa shape index (κ3) is 5.68. The molecule has 32 heavy (non-hydrogen) atoms. The number of imidazole rings is 1. The Morgan fingerprint density at radius 3 is 2.00 bits per heavy atom. The monoisotopic (exact) mass is 436 g/mol. The summed E-state index contributed by atoms with van der Waals surface area (Å²) in [6.45, 7) is 0.402. The van der Waals surface area contributed by atoms with E-state index in [0.29, 0.717) is 25.5 Å². The van der Waals surface area contributed by atoms with Gasteiger partial charge in [-0.25, -0.2) is 0 Å². The number of para-hydroxylation sites is 1. The Kier molecular flexibility index (Phi) is 8.68. The van der Waals surface area contributed by atoms with E-state index >= 15 is 0 Å². The maximum absolute atomic E-state index is 10.8. The Labute approximate surface area is 211 Å². The molecule has 6 heteroatoms. The first-order valence-corrected chi connectivity index (χ1v) is 10.4. The van der Waals surface area contributed by atoms with Crippen molar-refractivity contribution in [3.63, 3.8) is 0 Å². The molecule has 1 aromatic heterocycles. The van der Waals surface area contributed by atoms with Gasteiger partial charge in [-0.05, 0) is 25.0 Å². The first-order valence-electron chi connectivity index (χ1n) is 10.4. The van der Waals surface area contributed by atoms with Crippen molar-refractivity contribution in [2.24, 2.45) is 0 Å². The van der Waals surface area contributed by atoms with Gasteiger partial charge in [-0.3, -0.25) is 9.36 Å². The number of hydrogen-bond acceptors (Lipinski definition) is 3. The van der Waals surface area contributed by atoms with Crippen molar-refractivity contribution in [1.82, 2.24) is 9.55 Å². The number of nitrogens with zero attached hydrogens (tertiary/aromatic N) is 2. The first-order chi connectivity index (χ1) is 15.2. The van der Waals surface area contributed by atoms with Crippen LogP contribution in [0.25, 0.3) is 28.2 Å². The number of carbonyl (C=O) groups is 1. The van der Waals surface area contributed by atoms with Gasteiger partial charge in [0.05, 0.1) is 18.0 Å². The fraction of sp³-hybridized carbons (Fsp3) is 0.154. The number of carboxylic acids is 1. The summed E-state index contributed by atoms with van der Waals surface area (Å²) in [7, 11) is 0. The van der Waals surface area contributed by atoms with Crippen LogP contribution in [0, 0.1) is 0 Å². The summed E-state index contributed by atoms with van der Waals surface area (Å²) in [5, 5.41) is 8.86. The predicted molar refractivity (Wildman–Crippen MR) is 123 cm³/mol. The summed E-state index contributed by atoms with van der Waals surface area (Å²) in [6.07, 6.45) is 1.36. The fourth-order valence-corrected chi connectivity index (χ4v) is 3.51. The molecule has 0 spiro atoms. The van der Waals surface area contributed by atoms with E-state index in [9.17, 15) is 4.79 Å². The number of aromatic nitrogens is 2. The van der Waals surface area contributed by atoms with Crippen LogP contribution in [0.5, 0.6) is 6.01 Å². The van der Waals surface area contributed by atoms with Crippen molar-refractivity contribution in [2.45, 2.75) is 19.3 Å². The fourth-order valence-electron chi connectivity index (χ4n) is 3.51. The van der Waals surface area contributed by atoms with Crippen LogP contribution in [0.3, 0.4) is 0 Å². The molecule has 158 valence electrons. The zero-order valence-corrected chi connectivity index (χ0v) is 20.1. The van der Waals surface area contributed by atoms with E-state index in [2.05, 4.69) is 12.1 Å². The standard InChI is InChI=1S/C26H24N2O3.Na.H/c29-23(30)18-10-11-19-31-26-27-24(20-12-4-1-5-13-20)25(21-14-6-2-7-15-21)28(26)22-16-8-3-9-17-22;;/h1-9,12-17H,10-11,18-19H2,(H,29,30);;/q;+1;-1. The van der Waals surface area contributed by atoms with Gasteiger partial charge in [-0.15, -0.1) is 0 Å². The Balaban J connectivity index is 0.00000193. The third-order valence-electron chi connectivity index (χ3n) is 4.97. The summed E-state index contributed by atoms with van der Waals surface area (Å²) < 4.78 is 8.13. The summed E-state index contributed by atoms with van der Waals surface area (Å²) in [4.78, 5) is 15.7. The Morgan fingerprint density at radius 1 is 0.844 bits per heavy atom. The molecule has 0 saturated carbocycles. The van der Waals surface area contributed by atoms with E-state index in [1.54, 1.807) is 0 Å². The van der Waals surface area contributed by atoms with Gasteiger partial charge in [0, 0.05) is 17.5 Å². The van der Waals surface area contributed by atoms with E-state index < -0.39 is 5.97 Å². The van der Waals surface area contributed by atoms with Gasteiger partial charge >= 0.3 is 41.5 Å². The quantitative estimate of drug-likeness (QED) is 0.324. The van der Waals surface area contributed by atoms with Gasteiger partial charge < -0.3 is 11.3 Å². The number of rotatable bonds is 9. The molecular weight excluding hydrogens is 411 g/mol.